The van der Waals surface area contributed by atoms with Gasteiger partial charge in [-0.05, 0) is 45.0 Å². The molecule has 31 heavy (non-hydrogen) atoms. The second-order valence-electron chi connectivity index (χ2n) is 8.40. The molecule has 2 heterocycles. The summed E-state index contributed by atoms with van der Waals surface area (Å²) >= 11 is 0. The summed E-state index contributed by atoms with van der Waals surface area (Å²) in [5.41, 5.74) is 5.44. The first-order chi connectivity index (χ1) is 15.1. The van der Waals surface area contributed by atoms with Crippen LogP contribution in [0.4, 0.5) is 5.69 Å². The molecule has 1 amide bonds. The summed E-state index contributed by atoms with van der Waals surface area (Å²) in [5, 5.41) is 3.07. The van der Waals surface area contributed by atoms with E-state index in [1.54, 1.807) is 0 Å². The summed E-state index contributed by atoms with van der Waals surface area (Å²) in [6.45, 7) is 9.17. The summed E-state index contributed by atoms with van der Waals surface area (Å²) in [5.74, 6) is 0.969. The third-order valence-electron chi connectivity index (χ3n) is 5.77. The quantitative estimate of drug-likeness (QED) is 0.640. The van der Waals surface area contributed by atoms with Gasteiger partial charge in [0.15, 0.2) is 0 Å². The van der Waals surface area contributed by atoms with E-state index < -0.39 is 0 Å². The summed E-state index contributed by atoms with van der Waals surface area (Å²) in [6.07, 6.45) is 2.98. The van der Waals surface area contributed by atoms with Crippen LogP contribution in [0.5, 0.6) is 0 Å². The number of amides is 1. The predicted molar refractivity (Wildman–Crippen MR) is 125 cm³/mol. The van der Waals surface area contributed by atoms with Crippen molar-refractivity contribution in [2.24, 2.45) is 0 Å². The van der Waals surface area contributed by atoms with Gasteiger partial charge in [0.25, 0.3) is 0 Å². The molecule has 3 aromatic rings. The maximum Gasteiger partial charge on any atom is 0.238 e. The number of carbonyl (C=O) groups is 1. The monoisotopic (exact) mass is 417 g/mol. The van der Waals surface area contributed by atoms with Crippen LogP contribution in [0.2, 0.25) is 0 Å². The zero-order chi connectivity index (χ0) is 21.6. The van der Waals surface area contributed by atoms with Crippen molar-refractivity contribution in [3.05, 3.63) is 71.5 Å². The molecule has 6 heteroatoms. The molecule has 0 atom stereocenters. The molecule has 1 fully saturated rings. The van der Waals surface area contributed by atoms with E-state index in [4.69, 9.17) is 0 Å². The van der Waals surface area contributed by atoms with Gasteiger partial charge in [-0.2, -0.15) is 0 Å². The number of rotatable bonds is 6. The third-order valence-corrected chi connectivity index (χ3v) is 5.77. The largest absolute Gasteiger partial charge is 0.341 e. The Hall–Kier alpha value is -2.96. The topological polar surface area (TPSA) is 64.3 Å². The Bertz CT molecular complexity index is 1010. The second kappa shape index (κ2) is 9.90. The molecule has 0 bridgehead atoms. The normalized spacial score (nSPS) is 15.5. The van der Waals surface area contributed by atoms with Crippen LogP contribution in [-0.2, 0) is 11.3 Å². The van der Waals surface area contributed by atoms with Crippen LogP contribution in [-0.4, -0.2) is 58.4 Å². The molecular formula is C25H31N5O. The maximum atomic E-state index is 12.6. The van der Waals surface area contributed by atoms with E-state index in [-0.39, 0.29) is 5.91 Å². The molecule has 1 aliphatic rings. The minimum absolute atomic E-state index is 0.0569. The Kier molecular flexibility index (Phi) is 6.79. The van der Waals surface area contributed by atoms with Crippen molar-refractivity contribution < 1.29 is 4.79 Å². The predicted octanol–water partition coefficient (Wildman–Crippen LogP) is 3.84. The lowest BCUT2D eigenvalue weighted by Gasteiger charge is -2.21. The number of H-pyrrole nitrogens is 1. The molecule has 1 saturated heterocycles. The average molecular weight is 418 g/mol. The second-order valence-corrected chi connectivity index (χ2v) is 8.40. The number of hydrogen-bond donors (Lipinski definition) is 2. The van der Waals surface area contributed by atoms with Crippen molar-refractivity contribution in [2.75, 3.05) is 38.0 Å². The lowest BCUT2D eigenvalue weighted by molar-refractivity contribution is -0.117. The summed E-state index contributed by atoms with van der Waals surface area (Å²) in [4.78, 5) is 25.2. The number of aryl methyl sites for hydroxylation is 2. The lowest BCUT2D eigenvalue weighted by Crippen LogP contribution is -2.36. The average Bonchev–Trinajstić information content (AvgIpc) is 3.12. The third kappa shape index (κ3) is 5.81. The van der Waals surface area contributed by atoms with Gasteiger partial charge in [-0.1, -0.05) is 48.0 Å². The van der Waals surface area contributed by atoms with E-state index in [2.05, 4.69) is 50.2 Å². The van der Waals surface area contributed by atoms with Gasteiger partial charge in [-0.15, -0.1) is 0 Å². The highest BCUT2D eigenvalue weighted by molar-refractivity contribution is 5.93. The Balaban J connectivity index is 1.27. The van der Waals surface area contributed by atoms with E-state index in [9.17, 15) is 4.79 Å². The number of hydrogen-bond acceptors (Lipinski definition) is 4. The molecule has 1 aliphatic heterocycles. The molecule has 162 valence electrons. The van der Waals surface area contributed by atoms with Gasteiger partial charge < -0.3 is 10.3 Å². The molecule has 0 unspecified atom stereocenters. The summed E-state index contributed by atoms with van der Waals surface area (Å²) < 4.78 is 0. The number of aromatic amines is 1. The van der Waals surface area contributed by atoms with E-state index >= 15 is 0 Å². The molecule has 0 spiro atoms. The first-order valence-corrected chi connectivity index (χ1v) is 11.0. The van der Waals surface area contributed by atoms with Crippen LogP contribution >= 0.6 is 0 Å². The summed E-state index contributed by atoms with van der Waals surface area (Å²) in [7, 11) is 0. The fraction of sp³-hybridized carbons (Fsp3) is 0.360. The first-order valence-electron chi connectivity index (χ1n) is 11.0. The van der Waals surface area contributed by atoms with Crippen LogP contribution in [0, 0.1) is 13.8 Å². The first kappa shape index (κ1) is 21.3. The van der Waals surface area contributed by atoms with Crippen molar-refractivity contribution in [3.8, 4) is 11.4 Å². The minimum atomic E-state index is 0.0569. The number of aromatic nitrogens is 2. The van der Waals surface area contributed by atoms with Crippen molar-refractivity contribution in [1.82, 2.24) is 19.8 Å². The van der Waals surface area contributed by atoms with Crippen molar-refractivity contribution >= 4 is 11.6 Å². The standard InChI is InChI=1S/C25H31N5O/c1-19-9-10-23(20(2)15-19)28-24(31)18-30-12-6-11-29(13-14-30)17-22-16-26-25(27-22)21-7-4-3-5-8-21/h3-5,7-10,15-16H,6,11-14,17-18H2,1-2H3,(H,26,27)(H,28,31). The Morgan fingerprint density at radius 1 is 1.03 bits per heavy atom. The molecule has 2 N–H and O–H groups in total. The Labute approximate surface area is 184 Å². The molecule has 4 rings (SSSR count). The zero-order valence-electron chi connectivity index (χ0n) is 18.4. The lowest BCUT2D eigenvalue weighted by atomic mass is 10.1. The number of benzene rings is 2. The molecule has 0 radical (unpaired) electrons. The van der Waals surface area contributed by atoms with Gasteiger partial charge in [-0.25, -0.2) is 4.98 Å². The Morgan fingerprint density at radius 3 is 2.61 bits per heavy atom. The van der Waals surface area contributed by atoms with Crippen LogP contribution < -0.4 is 5.32 Å². The van der Waals surface area contributed by atoms with Crippen molar-refractivity contribution in [2.45, 2.75) is 26.8 Å². The maximum absolute atomic E-state index is 12.6. The Morgan fingerprint density at radius 2 is 1.81 bits per heavy atom. The van der Waals surface area contributed by atoms with E-state index in [1.807, 2.05) is 43.5 Å². The molecule has 6 nitrogen and oxygen atoms in total. The highest BCUT2D eigenvalue weighted by atomic mass is 16.2. The summed E-state index contributed by atoms with van der Waals surface area (Å²) in [6, 6.07) is 16.3. The highest BCUT2D eigenvalue weighted by Crippen LogP contribution is 2.17. The van der Waals surface area contributed by atoms with Crippen LogP contribution in [0.3, 0.4) is 0 Å². The van der Waals surface area contributed by atoms with E-state index in [1.165, 1.54) is 5.56 Å². The number of anilines is 1. The van der Waals surface area contributed by atoms with Gasteiger partial charge in [0, 0.05) is 42.8 Å². The van der Waals surface area contributed by atoms with Crippen LogP contribution in [0.15, 0.2) is 54.7 Å². The number of imidazole rings is 1. The number of nitrogens with zero attached hydrogens (tertiary/aromatic N) is 3. The van der Waals surface area contributed by atoms with Crippen LogP contribution in [0.25, 0.3) is 11.4 Å². The smallest absolute Gasteiger partial charge is 0.238 e. The fourth-order valence-electron chi connectivity index (χ4n) is 4.11. The molecular weight excluding hydrogens is 386 g/mol. The van der Waals surface area contributed by atoms with Gasteiger partial charge >= 0.3 is 0 Å². The number of carbonyl (C=O) groups excluding carboxylic acids is 1. The van der Waals surface area contributed by atoms with Gasteiger partial charge in [0.2, 0.25) is 5.91 Å². The molecule has 0 aliphatic carbocycles. The van der Waals surface area contributed by atoms with Crippen molar-refractivity contribution in [3.63, 3.8) is 0 Å². The van der Waals surface area contributed by atoms with Gasteiger partial charge in [0.05, 0.1) is 6.54 Å². The van der Waals surface area contributed by atoms with Gasteiger partial charge in [-0.3, -0.25) is 14.6 Å². The highest BCUT2D eigenvalue weighted by Gasteiger charge is 2.18. The zero-order valence-corrected chi connectivity index (χ0v) is 18.4. The SMILES string of the molecule is Cc1ccc(NC(=O)CN2CCCN(Cc3cnc(-c4ccccc4)[nH]3)CC2)c(C)c1. The minimum Gasteiger partial charge on any atom is -0.341 e. The van der Waals surface area contributed by atoms with Crippen LogP contribution in [0.1, 0.15) is 23.2 Å². The molecule has 1 aromatic heterocycles. The fourth-order valence-corrected chi connectivity index (χ4v) is 4.11. The molecule has 2 aromatic carbocycles. The molecule has 0 saturated carbocycles. The van der Waals surface area contributed by atoms with Gasteiger partial charge in [0.1, 0.15) is 5.82 Å². The number of nitrogens with one attached hydrogen (secondary N) is 2. The van der Waals surface area contributed by atoms with E-state index in [0.717, 1.165) is 67.5 Å². The van der Waals surface area contributed by atoms with E-state index in [0.29, 0.717) is 6.54 Å². The van der Waals surface area contributed by atoms with Crippen molar-refractivity contribution in [1.29, 1.82) is 0 Å².